The Morgan fingerprint density at radius 2 is 2.29 bits per heavy atom. The zero-order valence-electron chi connectivity index (χ0n) is 7.69. The molecule has 0 saturated heterocycles. The first kappa shape index (κ1) is 9.67. The number of hydrogen-bond acceptors (Lipinski definition) is 3. The van der Waals surface area contributed by atoms with Gasteiger partial charge in [-0.1, -0.05) is 11.3 Å². The largest absolute Gasteiger partial charge is 0.343 e. The van der Waals surface area contributed by atoms with E-state index >= 15 is 0 Å². The van der Waals surface area contributed by atoms with Crippen LogP contribution in [0, 0.1) is 0 Å². The predicted octanol–water partition coefficient (Wildman–Crippen LogP) is 1.86. The Labute approximate surface area is 93.3 Å². The smallest absolute Gasteiger partial charge is 0.273 e. The van der Waals surface area contributed by atoms with Crippen LogP contribution < -0.4 is 0 Å². The number of fused-ring (bicyclic) bond motifs is 1. The Bertz CT molecular complexity index is 456. The van der Waals surface area contributed by atoms with E-state index in [4.69, 9.17) is 0 Å². The Morgan fingerprint density at radius 1 is 1.57 bits per heavy atom. The van der Waals surface area contributed by atoms with Crippen LogP contribution in [0.5, 0.6) is 0 Å². The van der Waals surface area contributed by atoms with Crippen molar-refractivity contribution < 1.29 is 4.79 Å². The number of carbonyl (C=O) groups is 1. The van der Waals surface area contributed by atoms with E-state index in [0.717, 1.165) is 8.75 Å². The minimum atomic E-state index is -0.0722. The fraction of sp³-hybridized carbons (Fsp3) is 0.250. The monoisotopic (exact) mass is 273 g/mol. The van der Waals surface area contributed by atoms with Gasteiger partial charge in [-0.25, -0.2) is 4.98 Å². The van der Waals surface area contributed by atoms with E-state index in [9.17, 15) is 4.79 Å². The summed E-state index contributed by atoms with van der Waals surface area (Å²) in [6, 6.07) is 0. The number of halogens is 1. The average molecular weight is 274 g/mol. The van der Waals surface area contributed by atoms with E-state index in [1.54, 1.807) is 20.3 Å². The van der Waals surface area contributed by atoms with Gasteiger partial charge in [0.25, 0.3) is 5.91 Å². The van der Waals surface area contributed by atoms with Crippen molar-refractivity contribution in [1.29, 1.82) is 0 Å². The highest BCUT2D eigenvalue weighted by Gasteiger charge is 2.13. The second-order valence-electron chi connectivity index (χ2n) is 3.05. The van der Waals surface area contributed by atoms with Crippen LogP contribution in [0.15, 0.2) is 16.2 Å². The van der Waals surface area contributed by atoms with Gasteiger partial charge in [-0.2, -0.15) is 0 Å². The lowest BCUT2D eigenvalue weighted by atomic mass is 10.4. The van der Waals surface area contributed by atoms with Crippen molar-refractivity contribution >= 4 is 38.1 Å². The molecule has 0 aliphatic heterocycles. The van der Waals surface area contributed by atoms with Crippen molar-refractivity contribution in [2.45, 2.75) is 0 Å². The zero-order valence-corrected chi connectivity index (χ0v) is 10.1. The molecule has 2 rings (SSSR count). The molecule has 2 aromatic rings. The predicted molar refractivity (Wildman–Crippen MR) is 58.8 cm³/mol. The summed E-state index contributed by atoms with van der Waals surface area (Å²) in [4.78, 5) is 18.1. The second kappa shape index (κ2) is 3.36. The van der Waals surface area contributed by atoms with Crippen molar-refractivity contribution in [3.05, 3.63) is 21.9 Å². The molecule has 0 atom stereocenters. The first-order chi connectivity index (χ1) is 6.58. The summed E-state index contributed by atoms with van der Waals surface area (Å²) in [6.07, 6.45) is 3.62. The van der Waals surface area contributed by atoms with Gasteiger partial charge in [0.2, 0.25) is 0 Å². The third kappa shape index (κ3) is 1.55. The van der Waals surface area contributed by atoms with Gasteiger partial charge in [0.15, 0.2) is 4.96 Å². The molecule has 6 heteroatoms. The van der Waals surface area contributed by atoms with Crippen LogP contribution in [0.3, 0.4) is 0 Å². The number of amides is 1. The normalized spacial score (nSPS) is 10.8. The lowest BCUT2D eigenvalue weighted by molar-refractivity contribution is 0.0822. The quantitative estimate of drug-likeness (QED) is 0.796. The SMILES string of the molecule is CN(C)C(=O)c1cn2cc(Br)sc2n1. The van der Waals surface area contributed by atoms with Gasteiger partial charge in [-0.3, -0.25) is 9.20 Å². The van der Waals surface area contributed by atoms with E-state index in [1.165, 1.54) is 16.2 Å². The van der Waals surface area contributed by atoms with E-state index in [2.05, 4.69) is 20.9 Å². The first-order valence-corrected chi connectivity index (χ1v) is 5.54. The van der Waals surface area contributed by atoms with E-state index < -0.39 is 0 Å². The molecule has 0 fully saturated rings. The van der Waals surface area contributed by atoms with Crippen LogP contribution in [-0.4, -0.2) is 34.3 Å². The molecule has 0 aliphatic carbocycles. The topological polar surface area (TPSA) is 37.6 Å². The van der Waals surface area contributed by atoms with Gasteiger partial charge in [-0.05, 0) is 15.9 Å². The molecule has 0 aliphatic rings. The molecule has 0 N–H and O–H groups in total. The molecule has 0 bridgehead atoms. The molecular weight excluding hydrogens is 266 g/mol. The lowest BCUT2D eigenvalue weighted by Gasteiger charge is -2.06. The number of thiazole rings is 1. The van der Waals surface area contributed by atoms with Crippen molar-refractivity contribution in [2.75, 3.05) is 14.1 Å². The van der Waals surface area contributed by atoms with Gasteiger partial charge < -0.3 is 4.90 Å². The number of hydrogen-bond donors (Lipinski definition) is 0. The maximum atomic E-state index is 11.5. The van der Waals surface area contributed by atoms with Crippen LogP contribution in [0.4, 0.5) is 0 Å². The van der Waals surface area contributed by atoms with Gasteiger partial charge in [-0.15, -0.1) is 0 Å². The molecule has 1 amide bonds. The standard InChI is InChI=1S/C8H8BrN3OS/c1-11(2)7(13)5-3-12-4-6(9)14-8(12)10-5/h3-4H,1-2H3. The molecule has 0 saturated carbocycles. The summed E-state index contributed by atoms with van der Waals surface area (Å²) in [5.41, 5.74) is 0.480. The van der Waals surface area contributed by atoms with Crippen molar-refractivity contribution in [2.24, 2.45) is 0 Å². The van der Waals surface area contributed by atoms with E-state index in [-0.39, 0.29) is 5.91 Å². The number of nitrogens with zero attached hydrogens (tertiary/aromatic N) is 3. The number of rotatable bonds is 1. The summed E-state index contributed by atoms with van der Waals surface area (Å²) in [5.74, 6) is -0.0722. The number of imidazole rings is 1. The Kier molecular flexibility index (Phi) is 2.32. The first-order valence-electron chi connectivity index (χ1n) is 3.93. The summed E-state index contributed by atoms with van der Waals surface area (Å²) in [6.45, 7) is 0. The van der Waals surface area contributed by atoms with E-state index in [1.807, 2.05) is 10.6 Å². The number of carbonyl (C=O) groups excluding carboxylic acids is 1. The van der Waals surface area contributed by atoms with Crippen LogP contribution >= 0.6 is 27.3 Å². The molecule has 14 heavy (non-hydrogen) atoms. The second-order valence-corrected chi connectivity index (χ2v) is 5.44. The Morgan fingerprint density at radius 3 is 2.86 bits per heavy atom. The van der Waals surface area contributed by atoms with Crippen LogP contribution in [0.1, 0.15) is 10.5 Å². The highest BCUT2D eigenvalue weighted by atomic mass is 79.9. The molecule has 0 spiro atoms. The van der Waals surface area contributed by atoms with Gasteiger partial charge >= 0.3 is 0 Å². The van der Waals surface area contributed by atoms with Crippen molar-refractivity contribution in [1.82, 2.24) is 14.3 Å². The van der Waals surface area contributed by atoms with Crippen molar-refractivity contribution in [3.8, 4) is 0 Å². The molecule has 0 aromatic carbocycles. The third-order valence-corrected chi connectivity index (χ3v) is 3.23. The molecule has 74 valence electrons. The summed E-state index contributed by atoms with van der Waals surface area (Å²) >= 11 is 4.86. The highest BCUT2D eigenvalue weighted by molar-refractivity contribution is 9.11. The molecule has 0 unspecified atom stereocenters. The molecule has 4 nitrogen and oxygen atoms in total. The van der Waals surface area contributed by atoms with E-state index in [0.29, 0.717) is 5.69 Å². The average Bonchev–Trinajstić information content (AvgIpc) is 2.59. The summed E-state index contributed by atoms with van der Waals surface area (Å²) in [7, 11) is 3.43. The Hall–Kier alpha value is -0.880. The summed E-state index contributed by atoms with van der Waals surface area (Å²) < 4.78 is 2.84. The highest BCUT2D eigenvalue weighted by Crippen LogP contribution is 2.22. The van der Waals surface area contributed by atoms with Crippen molar-refractivity contribution in [3.63, 3.8) is 0 Å². The van der Waals surface area contributed by atoms with Crippen LogP contribution in [-0.2, 0) is 0 Å². The lowest BCUT2D eigenvalue weighted by Crippen LogP contribution is -2.21. The molecule has 2 heterocycles. The summed E-state index contributed by atoms with van der Waals surface area (Å²) in [5, 5.41) is 0. The fourth-order valence-corrected chi connectivity index (χ4v) is 2.45. The minimum absolute atomic E-state index is 0.0722. The van der Waals surface area contributed by atoms with Gasteiger partial charge in [0, 0.05) is 26.5 Å². The zero-order chi connectivity index (χ0) is 10.3. The van der Waals surface area contributed by atoms with Crippen LogP contribution in [0.25, 0.3) is 4.96 Å². The maximum absolute atomic E-state index is 11.5. The molecule has 2 aromatic heterocycles. The van der Waals surface area contributed by atoms with Crippen LogP contribution in [0.2, 0.25) is 0 Å². The fourth-order valence-electron chi connectivity index (χ4n) is 1.10. The minimum Gasteiger partial charge on any atom is -0.343 e. The maximum Gasteiger partial charge on any atom is 0.273 e. The number of aromatic nitrogens is 2. The van der Waals surface area contributed by atoms with Gasteiger partial charge in [0.05, 0.1) is 3.79 Å². The Balaban J connectivity index is 2.45. The third-order valence-electron chi connectivity index (χ3n) is 1.75. The van der Waals surface area contributed by atoms with Gasteiger partial charge in [0.1, 0.15) is 5.69 Å². The molecule has 0 radical (unpaired) electrons. The molecular formula is C8H8BrN3OS.